The van der Waals surface area contributed by atoms with Gasteiger partial charge in [0.1, 0.15) is 18.2 Å². The molecular formula is C15H14BrFN4O4S. The van der Waals surface area contributed by atoms with Crippen LogP contribution in [0.15, 0.2) is 40.0 Å². The molecular weight excluding hydrogens is 431 g/mol. The summed E-state index contributed by atoms with van der Waals surface area (Å²) >= 11 is 3.33. The Morgan fingerprint density at radius 1 is 1.38 bits per heavy atom. The lowest BCUT2D eigenvalue weighted by Gasteiger charge is -2.10. The maximum atomic E-state index is 12.7. The first-order valence-electron chi connectivity index (χ1n) is 7.34. The SMILES string of the molecule is COc1nc(NS(=O)(=O)c2c[nH]c3cc(Br)ccc23)ncc1OCCF. The van der Waals surface area contributed by atoms with E-state index in [9.17, 15) is 12.8 Å². The van der Waals surface area contributed by atoms with E-state index < -0.39 is 16.7 Å². The summed E-state index contributed by atoms with van der Waals surface area (Å²) in [6, 6.07) is 5.19. The highest BCUT2D eigenvalue weighted by Crippen LogP contribution is 2.28. The molecule has 0 amide bonds. The highest BCUT2D eigenvalue weighted by Gasteiger charge is 2.21. The van der Waals surface area contributed by atoms with Crippen molar-refractivity contribution in [2.45, 2.75) is 4.90 Å². The Kier molecular flexibility index (Phi) is 5.28. The number of anilines is 1. The molecule has 0 aliphatic carbocycles. The zero-order valence-corrected chi connectivity index (χ0v) is 15.9. The van der Waals surface area contributed by atoms with Gasteiger partial charge in [0.15, 0.2) is 5.75 Å². The Hall–Kier alpha value is -2.40. The van der Waals surface area contributed by atoms with Crippen molar-refractivity contribution in [3.05, 3.63) is 35.1 Å². The van der Waals surface area contributed by atoms with E-state index in [1.807, 2.05) is 0 Å². The van der Waals surface area contributed by atoms with Gasteiger partial charge in [-0.2, -0.15) is 4.98 Å². The number of sulfonamides is 1. The number of rotatable bonds is 7. The first-order valence-corrected chi connectivity index (χ1v) is 9.61. The fourth-order valence-electron chi connectivity index (χ4n) is 2.27. The lowest BCUT2D eigenvalue weighted by molar-refractivity contribution is 0.256. The van der Waals surface area contributed by atoms with Crippen molar-refractivity contribution in [2.75, 3.05) is 25.1 Å². The summed E-state index contributed by atoms with van der Waals surface area (Å²) in [4.78, 5) is 10.8. The number of hydrogen-bond acceptors (Lipinski definition) is 6. The molecule has 3 rings (SSSR count). The third-order valence-corrected chi connectivity index (χ3v) is 5.23. The summed E-state index contributed by atoms with van der Waals surface area (Å²) in [6.07, 6.45) is 2.60. The molecule has 11 heteroatoms. The second-order valence-electron chi connectivity index (χ2n) is 5.05. The van der Waals surface area contributed by atoms with Crippen LogP contribution in [0.5, 0.6) is 11.6 Å². The highest BCUT2D eigenvalue weighted by molar-refractivity contribution is 9.10. The van der Waals surface area contributed by atoms with Crippen LogP contribution in [0.3, 0.4) is 0 Å². The molecule has 1 aromatic carbocycles. The van der Waals surface area contributed by atoms with Crippen molar-refractivity contribution in [1.29, 1.82) is 0 Å². The first-order chi connectivity index (χ1) is 12.4. The smallest absolute Gasteiger partial charge is 0.266 e. The van der Waals surface area contributed by atoms with Crippen molar-refractivity contribution < 1.29 is 22.3 Å². The lowest BCUT2D eigenvalue weighted by Crippen LogP contribution is -2.15. The minimum absolute atomic E-state index is 0.00555. The Morgan fingerprint density at radius 3 is 2.92 bits per heavy atom. The lowest BCUT2D eigenvalue weighted by atomic mass is 10.2. The van der Waals surface area contributed by atoms with Crippen LogP contribution < -0.4 is 14.2 Å². The van der Waals surface area contributed by atoms with Crippen LogP contribution in [0.1, 0.15) is 0 Å². The van der Waals surface area contributed by atoms with Crippen molar-refractivity contribution in [3.8, 4) is 11.6 Å². The highest BCUT2D eigenvalue weighted by atomic mass is 79.9. The van der Waals surface area contributed by atoms with Gasteiger partial charge in [-0.3, -0.25) is 0 Å². The van der Waals surface area contributed by atoms with Gasteiger partial charge in [0.05, 0.1) is 13.3 Å². The van der Waals surface area contributed by atoms with E-state index in [0.717, 1.165) is 4.47 Å². The molecule has 26 heavy (non-hydrogen) atoms. The maximum absolute atomic E-state index is 12.7. The van der Waals surface area contributed by atoms with E-state index in [1.165, 1.54) is 19.5 Å². The molecule has 8 nitrogen and oxygen atoms in total. The molecule has 2 aromatic heterocycles. The molecule has 0 saturated carbocycles. The van der Waals surface area contributed by atoms with Crippen molar-refractivity contribution in [3.63, 3.8) is 0 Å². The number of aromatic nitrogens is 3. The molecule has 2 heterocycles. The minimum atomic E-state index is -3.94. The molecule has 0 bridgehead atoms. The van der Waals surface area contributed by atoms with Crippen LogP contribution in [0.4, 0.5) is 10.3 Å². The van der Waals surface area contributed by atoms with E-state index >= 15 is 0 Å². The monoisotopic (exact) mass is 444 g/mol. The topological polar surface area (TPSA) is 106 Å². The normalized spacial score (nSPS) is 11.5. The Balaban J connectivity index is 1.91. The molecule has 3 aromatic rings. The van der Waals surface area contributed by atoms with Crippen LogP contribution in [-0.2, 0) is 10.0 Å². The first kappa shape index (κ1) is 18.4. The molecule has 0 aliphatic heterocycles. The summed E-state index contributed by atoms with van der Waals surface area (Å²) < 4.78 is 50.8. The van der Waals surface area contributed by atoms with E-state index in [2.05, 4.69) is 35.6 Å². The van der Waals surface area contributed by atoms with Gasteiger partial charge in [-0.1, -0.05) is 22.0 Å². The van der Waals surface area contributed by atoms with E-state index in [0.29, 0.717) is 10.9 Å². The van der Waals surface area contributed by atoms with Gasteiger partial charge in [0.2, 0.25) is 5.95 Å². The second kappa shape index (κ2) is 7.46. The number of benzene rings is 1. The van der Waals surface area contributed by atoms with Crippen LogP contribution >= 0.6 is 15.9 Å². The standard InChI is InChI=1S/C15H14BrFN4O4S/c1-24-14-12(25-5-4-17)7-19-15(20-14)21-26(22,23)13-8-18-11-6-9(16)2-3-10(11)13/h2-3,6-8,18H,4-5H2,1H3,(H,19,20,21). The fraction of sp³-hybridized carbons (Fsp3) is 0.200. The van der Waals surface area contributed by atoms with Crippen LogP contribution in [-0.4, -0.2) is 43.8 Å². The van der Waals surface area contributed by atoms with Crippen LogP contribution in [0, 0.1) is 0 Å². The third kappa shape index (κ3) is 3.73. The number of alkyl halides is 1. The summed E-state index contributed by atoms with van der Waals surface area (Å²) in [5, 5.41) is 0.524. The predicted molar refractivity (Wildman–Crippen MR) is 96.9 cm³/mol. The molecule has 0 fully saturated rings. The Bertz CT molecular complexity index is 1040. The summed E-state index contributed by atoms with van der Waals surface area (Å²) in [7, 11) is -2.61. The van der Waals surface area contributed by atoms with Gasteiger partial charge in [-0.05, 0) is 12.1 Å². The van der Waals surface area contributed by atoms with Gasteiger partial charge in [0, 0.05) is 21.6 Å². The molecule has 0 radical (unpaired) electrons. The molecule has 0 atom stereocenters. The average molecular weight is 445 g/mol. The predicted octanol–water partition coefficient (Wildman–Crippen LogP) is 2.88. The molecule has 138 valence electrons. The van der Waals surface area contributed by atoms with Crippen LogP contribution in [0.2, 0.25) is 0 Å². The number of nitrogens with zero attached hydrogens (tertiary/aromatic N) is 2. The second-order valence-corrected chi connectivity index (χ2v) is 7.62. The zero-order chi connectivity index (χ0) is 18.7. The van der Waals surface area contributed by atoms with E-state index in [1.54, 1.807) is 18.2 Å². The quantitative estimate of drug-likeness (QED) is 0.580. The number of aromatic amines is 1. The van der Waals surface area contributed by atoms with Crippen LogP contribution in [0.25, 0.3) is 10.9 Å². The zero-order valence-electron chi connectivity index (χ0n) is 13.5. The number of halogens is 2. The van der Waals surface area contributed by atoms with Gasteiger partial charge >= 0.3 is 0 Å². The minimum Gasteiger partial charge on any atom is -0.484 e. The van der Waals surface area contributed by atoms with Gasteiger partial charge < -0.3 is 14.5 Å². The number of methoxy groups -OCH3 is 1. The fourth-order valence-corrected chi connectivity index (χ4v) is 3.76. The number of nitrogens with one attached hydrogen (secondary N) is 2. The number of fused-ring (bicyclic) bond motifs is 1. The Labute approximate surface area is 156 Å². The molecule has 0 saturated heterocycles. The average Bonchev–Trinajstić information content (AvgIpc) is 3.04. The number of hydrogen-bond donors (Lipinski definition) is 2. The van der Waals surface area contributed by atoms with Gasteiger partial charge in [0.25, 0.3) is 15.9 Å². The summed E-state index contributed by atoms with van der Waals surface area (Å²) in [6.45, 7) is -0.871. The van der Waals surface area contributed by atoms with Crippen molar-refractivity contribution in [1.82, 2.24) is 15.0 Å². The summed E-state index contributed by atoms with van der Waals surface area (Å²) in [5.74, 6) is -0.0834. The van der Waals surface area contributed by atoms with Gasteiger partial charge in [-0.25, -0.2) is 22.5 Å². The number of ether oxygens (including phenoxy) is 2. The molecule has 2 N–H and O–H groups in total. The maximum Gasteiger partial charge on any atom is 0.266 e. The largest absolute Gasteiger partial charge is 0.484 e. The van der Waals surface area contributed by atoms with E-state index in [4.69, 9.17) is 9.47 Å². The molecule has 0 aliphatic rings. The third-order valence-electron chi connectivity index (χ3n) is 3.37. The van der Waals surface area contributed by atoms with Crippen molar-refractivity contribution >= 4 is 42.8 Å². The number of H-pyrrole nitrogens is 1. The Morgan fingerprint density at radius 2 is 2.19 bits per heavy atom. The van der Waals surface area contributed by atoms with Crippen molar-refractivity contribution in [2.24, 2.45) is 0 Å². The molecule has 0 unspecified atom stereocenters. The summed E-state index contributed by atoms with van der Waals surface area (Å²) in [5.41, 5.74) is 0.660. The molecule has 0 spiro atoms. The van der Waals surface area contributed by atoms with E-state index in [-0.39, 0.29) is 29.1 Å². The van der Waals surface area contributed by atoms with Gasteiger partial charge in [-0.15, -0.1) is 0 Å².